The number of aromatic nitrogens is 1. The summed E-state index contributed by atoms with van der Waals surface area (Å²) in [5.74, 6) is 2.08. The summed E-state index contributed by atoms with van der Waals surface area (Å²) < 4.78 is 5.92. The average Bonchev–Trinajstić information content (AvgIpc) is 3.67. The number of ether oxygens (including phenoxy) is 1. The predicted molar refractivity (Wildman–Crippen MR) is 154 cm³/mol. The topological polar surface area (TPSA) is 89.1 Å². The van der Waals surface area contributed by atoms with Crippen LogP contribution in [0.5, 0.6) is 5.75 Å². The first-order chi connectivity index (χ1) is 18.9. The predicted octanol–water partition coefficient (Wildman–Crippen LogP) is 5.06. The van der Waals surface area contributed by atoms with E-state index >= 15 is 0 Å². The number of aliphatic hydroxyl groups excluding tert-OH is 1. The van der Waals surface area contributed by atoms with Crippen LogP contribution in [0.15, 0.2) is 48.0 Å². The van der Waals surface area contributed by atoms with Gasteiger partial charge in [0, 0.05) is 49.3 Å². The Labute approximate surface area is 234 Å². The number of fused-ring (bicyclic) bond motifs is 1. The molecule has 2 aromatic heterocycles. The normalized spacial score (nSPS) is 18.1. The lowest BCUT2D eigenvalue weighted by atomic mass is 9.79. The molecule has 0 bridgehead atoms. The number of benzene rings is 1. The first-order valence-electron chi connectivity index (χ1n) is 14.2. The van der Waals surface area contributed by atoms with E-state index in [1.165, 1.54) is 11.3 Å². The molecule has 3 amide bonds. The summed E-state index contributed by atoms with van der Waals surface area (Å²) in [6.45, 7) is 7.45. The smallest absolute Gasteiger partial charge is 0.320 e. The lowest BCUT2D eigenvalue weighted by molar-refractivity contribution is 0.0494. The summed E-state index contributed by atoms with van der Waals surface area (Å²) in [5.41, 5.74) is 0.988. The number of carbonyl (C=O) groups is 2. The number of carbonyl (C=O) groups excluding carboxylic acids is 2. The van der Waals surface area contributed by atoms with E-state index < -0.39 is 6.10 Å². The first kappa shape index (κ1) is 27.5. The molecule has 0 saturated carbocycles. The van der Waals surface area contributed by atoms with Crippen molar-refractivity contribution in [3.63, 3.8) is 0 Å². The molecule has 5 rings (SSSR count). The van der Waals surface area contributed by atoms with Gasteiger partial charge < -0.3 is 29.5 Å². The van der Waals surface area contributed by atoms with Gasteiger partial charge in [-0.25, -0.2) is 4.79 Å². The fraction of sp³-hybridized carbons (Fsp3) is 0.533. The number of rotatable bonds is 8. The van der Waals surface area contributed by atoms with Crippen LogP contribution >= 0.6 is 11.3 Å². The third kappa shape index (κ3) is 6.41. The molecule has 2 saturated heterocycles. The number of nitrogens with zero attached hydrogens (tertiary/aromatic N) is 3. The fourth-order valence-corrected chi connectivity index (χ4v) is 6.72. The Morgan fingerprint density at radius 3 is 2.36 bits per heavy atom. The molecular weight excluding hydrogens is 512 g/mol. The highest BCUT2D eigenvalue weighted by atomic mass is 32.1. The van der Waals surface area contributed by atoms with E-state index in [2.05, 4.69) is 4.98 Å². The number of H-pyrrole nitrogens is 1. The zero-order chi connectivity index (χ0) is 27.4. The second-order valence-corrected chi connectivity index (χ2v) is 12.1. The number of likely N-dealkylation sites (tertiary alicyclic amines) is 2. The molecule has 9 heteroatoms. The second kappa shape index (κ2) is 12.4. The highest BCUT2D eigenvalue weighted by Gasteiger charge is 2.34. The summed E-state index contributed by atoms with van der Waals surface area (Å²) >= 11 is 1.51. The molecule has 2 aliphatic rings. The van der Waals surface area contributed by atoms with E-state index in [9.17, 15) is 14.7 Å². The van der Waals surface area contributed by atoms with Crippen molar-refractivity contribution >= 4 is 34.2 Å². The minimum absolute atomic E-state index is 0.00778. The Kier molecular flexibility index (Phi) is 8.77. The van der Waals surface area contributed by atoms with E-state index in [0.29, 0.717) is 11.8 Å². The van der Waals surface area contributed by atoms with E-state index in [1.54, 1.807) is 4.90 Å². The summed E-state index contributed by atoms with van der Waals surface area (Å²) in [7, 11) is 0. The van der Waals surface area contributed by atoms with Crippen molar-refractivity contribution in [1.82, 2.24) is 19.7 Å². The van der Waals surface area contributed by atoms with Gasteiger partial charge in [-0.05, 0) is 81.0 Å². The Hall–Kier alpha value is -3.04. The van der Waals surface area contributed by atoms with Crippen LogP contribution in [-0.4, -0.2) is 88.2 Å². The molecule has 0 spiro atoms. The fourth-order valence-electron chi connectivity index (χ4n) is 6.03. The summed E-state index contributed by atoms with van der Waals surface area (Å²) in [6.07, 6.45) is 5.14. The van der Waals surface area contributed by atoms with Gasteiger partial charge in [0.1, 0.15) is 18.5 Å². The largest absolute Gasteiger partial charge is 0.490 e. The molecule has 1 atom stereocenters. The minimum Gasteiger partial charge on any atom is -0.490 e. The standard InChI is InChI=1S/C30H40N4O4S/c1-21(2)34(19-24(35)20-38-27-6-3-5-26-25(27)8-13-31-26)30(37)33-16-11-23(12-17-33)22-9-14-32(15-10-22)29(36)28-7-4-18-39-28/h3-8,13,18,21-24,31,35H,9-12,14-17,19-20H2,1-2H3. The molecule has 2 fully saturated rings. The third-order valence-corrected chi connectivity index (χ3v) is 9.16. The number of urea groups is 1. The Balaban J connectivity index is 1.08. The number of amides is 3. The lowest BCUT2D eigenvalue weighted by Crippen LogP contribution is -2.52. The molecule has 8 nitrogen and oxygen atoms in total. The number of hydrogen-bond donors (Lipinski definition) is 2. The van der Waals surface area contributed by atoms with Crippen molar-refractivity contribution < 1.29 is 19.4 Å². The molecule has 1 aromatic carbocycles. The summed E-state index contributed by atoms with van der Waals surface area (Å²) in [6, 6.07) is 11.6. The van der Waals surface area contributed by atoms with Gasteiger partial charge in [-0.15, -0.1) is 11.3 Å². The average molecular weight is 553 g/mol. The van der Waals surface area contributed by atoms with Gasteiger partial charge in [-0.2, -0.15) is 0 Å². The maximum atomic E-state index is 13.5. The van der Waals surface area contributed by atoms with Crippen LogP contribution in [0.3, 0.4) is 0 Å². The van der Waals surface area contributed by atoms with Gasteiger partial charge >= 0.3 is 6.03 Å². The number of thiophene rings is 1. The lowest BCUT2D eigenvalue weighted by Gasteiger charge is -2.42. The van der Waals surface area contributed by atoms with Crippen molar-refractivity contribution in [3.8, 4) is 5.75 Å². The number of aromatic amines is 1. The zero-order valence-corrected chi connectivity index (χ0v) is 23.7. The van der Waals surface area contributed by atoms with E-state index in [0.717, 1.165) is 73.4 Å². The van der Waals surface area contributed by atoms with Crippen LogP contribution in [0.1, 0.15) is 49.2 Å². The van der Waals surface area contributed by atoms with Crippen LogP contribution in [0.4, 0.5) is 4.79 Å². The molecule has 2 aliphatic heterocycles. The first-order valence-corrected chi connectivity index (χ1v) is 15.0. The molecule has 4 heterocycles. The van der Waals surface area contributed by atoms with Crippen molar-refractivity contribution in [1.29, 1.82) is 0 Å². The Morgan fingerprint density at radius 1 is 1.03 bits per heavy atom. The highest BCUT2D eigenvalue weighted by molar-refractivity contribution is 7.12. The molecule has 0 radical (unpaired) electrons. The van der Waals surface area contributed by atoms with Crippen LogP contribution in [0.25, 0.3) is 10.9 Å². The zero-order valence-electron chi connectivity index (χ0n) is 22.9. The number of hydrogen-bond acceptors (Lipinski definition) is 5. The molecule has 210 valence electrons. The van der Waals surface area contributed by atoms with Crippen LogP contribution < -0.4 is 4.74 Å². The number of piperidine rings is 2. The number of nitrogens with one attached hydrogen (secondary N) is 1. The quantitative estimate of drug-likeness (QED) is 0.409. The maximum Gasteiger partial charge on any atom is 0.320 e. The summed E-state index contributed by atoms with van der Waals surface area (Å²) in [5, 5.41) is 13.7. The van der Waals surface area contributed by atoms with E-state index in [1.807, 2.05) is 71.6 Å². The van der Waals surface area contributed by atoms with Gasteiger partial charge in [0.05, 0.1) is 11.4 Å². The van der Waals surface area contributed by atoms with Gasteiger partial charge in [-0.3, -0.25) is 4.79 Å². The Morgan fingerprint density at radius 2 is 1.72 bits per heavy atom. The minimum atomic E-state index is -0.787. The molecule has 39 heavy (non-hydrogen) atoms. The van der Waals surface area contributed by atoms with Gasteiger partial charge in [0.25, 0.3) is 5.91 Å². The molecular formula is C30H40N4O4S. The van der Waals surface area contributed by atoms with Crippen molar-refractivity contribution in [3.05, 3.63) is 52.9 Å². The Bertz CT molecular complexity index is 1230. The monoisotopic (exact) mass is 552 g/mol. The third-order valence-electron chi connectivity index (χ3n) is 8.30. The van der Waals surface area contributed by atoms with Crippen molar-refractivity contribution in [2.45, 2.75) is 51.7 Å². The second-order valence-electron chi connectivity index (χ2n) is 11.1. The van der Waals surface area contributed by atoms with E-state index in [4.69, 9.17) is 4.74 Å². The van der Waals surface area contributed by atoms with E-state index in [-0.39, 0.29) is 31.1 Å². The number of aliphatic hydroxyl groups is 1. The highest BCUT2D eigenvalue weighted by Crippen LogP contribution is 2.33. The maximum absolute atomic E-state index is 13.5. The molecule has 1 unspecified atom stereocenters. The van der Waals surface area contributed by atoms with Crippen LogP contribution in [0, 0.1) is 11.8 Å². The van der Waals surface area contributed by atoms with Gasteiger partial charge in [0.15, 0.2) is 0 Å². The SMILES string of the molecule is CC(C)N(CC(O)COc1cccc2[nH]ccc12)C(=O)N1CCC(C2CCN(C(=O)c3cccs3)CC2)CC1. The van der Waals surface area contributed by atoms with Crippen molar-refractivity contribution in [2.75, 3.05) is 39.3 Å². The van der Waals surface area contributed by atoms with Crippen LogP contribution in [0.2, 0.25) is 0 Å². The van der Waals surface area contributed by atoms with Crippen molar-refractivity contribution in [2.24, 2.45) is 11.8 Å². The van der Waals surface area contributed by atoms with Crippen LogP contribution in [-0.2, 0) is 0 Å². The molecule has 3 aromatic rings. The van der Waals surface area contributed by atoms with Gasteiger partial charge in [-0.1, -0.05) is 12.1 Å². The summed E-state index contributed by atoms with van der Waals surface area (Å²) in [4.78, 5) is 35.8. The van der Waals surface area contributed by atoms with Gasteiger partial charge in [0.2, 0.25) is 0 Å². The molecule has 2 N–H and O–H groups in total. The molecule has 0 aliphatic carbocycles.